The highest BCUT2D eigenvalue weighted by Crippen LogP contribution is 2.64. The van der Waals surface area contributed by atoms with Crippen LogP contribution in [-0.2, 0) is 14.9 Å². The molecule has 0 amide bonds. The predicted octanol–water partition coefficient (Wildman–Crippen LogP) is 6.82. The van der Waals surface area contributed by atoms with Gasteiger partial charge in [-0.05, 0) is 54.5 Å². The zero-order valence-corrected chi connectivity index (χ0v) is 18.9. The van der Waals surface area contributed by atoms with Gasteiger partial charge in [0.25, 0.3) is 0 Å². The van der Waals surface area contributed by atoms with Crippen LogP contribution in [0.15, 0.2) is 36.4 Å². The van der Waals surface area contributed by atoms with Gasteiger partial charge in [-0.25, -0.2) is 4.39 Å². The molecule has 0 aliphatic heterocycles. The number of carbonyl (C=O) groups excluding carboxylic acids is 1. The summed E-state index contributed by atoms with van der Waals surface area (Å²) in [6.45, 7) is 8.70. The van der Waals surface area contributed by atoms with Gasteiger partial charge >= 0.3 is 5.97 Å². The average Bonchev–Trinajstić information content (AvgIpc) is 3.13. The molecule has 0 radical (unpaired) electrons. The van der Waals surface area contributed by atoms with Crippen molar-refractivity contribution in [3.63, 3.8) is 0 Å². The number of nitrogens with one attached hydrogen (secondary N) is 1. The number of fused-ring (bicyclic) bond motifs is 8. The standard InChI is InChI=1S/C27H30FNO2/c1-15(2)16-10-11-19-18(14-16)23-21(17-8-6-9-20(28)22(17)29-23)24-26(19,3)12-7-13-27(24,4)25(30)31-5/h6,8-11,14-15,24,29H,7,12-13H2,1-5H3/t24-,26-,27-/m1/s1. The molecule has 1 heterocycles. The number of carbonyl (C=O) groups is 1. The second-order valence-corrected chi connectivity index (χ2v) is 10.1. The van der Waals surface area contributed by atoms with Crippen molar-refractivity contribution in [3.05, 3.63) is 58.9 Å². The van der Waals surface area contributed by atoms with E-state index in [2.05, 4.69) is 44.0 Å². The fourth-order valence-corrected chi connectivity index (χ4v) is 6.54. The van der Waals surface area contributed by atoms with E-state index in [1.54, 1.807) is 6.07 Å². The van der Waals surface area contributed by atoms with Crippen molar-refractivity contribution in [1.29, 1.82) is 0 Å². The third-order valence-corrected chi connectivity index (χ3v) is 8.02. The largest absolute Gasteiger partial charge is 0.469 e. The van der Waals surface area contributed by atoms with Crippen LogP contribution in [0.2, 0.25) is 0 Å². The maximum absolute atomic E-state index is 14.9. The molecule has 3 atom stereocenters. The molecule has 1 N–H and O–H groups in total. The number of rotatable bonds is 2. The minimum atomic E-state index is -0.674. The molecule has 2 aliphatic carbocycles. The summed E-state index contributed by atoms with van der Waals surface area (Å²) in [6, 6.07) is 12.0. The topological polar surface area (TPSA) is 42.1 Å². The number of esters is 1. The summed E-state index contributed by atoms with van der Waals surface area (Å²) >= 11 is 0. The predicted molar refractivity (Wildman–Crippen MR) is 122 cm³/mol. The van der Waals surface area contributed by atoms with Gasteiger partial charge in [-0.3, -0.25) is 4.79 Å². The van der Waals surface area contributed by atoms with Gasteiger partial charge in [0, 0.05) is 22.3 Å². The van der Waals surface area contributed by atoms with Crippen LogP contribution in [0.3, 0.4) is 0 Å². The molecule has 0 bridgehead atoms. The molecule has 3 aromatic rings. The van der Waals surface area contributed by atoms with Gasteiger partial charge in [-0.15, -0.1) is 0 Å². The van der Waals surface area contributed by atoms with Crippen molar-refractivity contribution in [1.82, 2.24) is 4.98 Å². The number of aromatic amines is 1. The first-order valence-electron chi connectivity index (χ1n) is 11.3. The molecule has 31 heavy (non-hydrogen) atoms. The van der Waals surface area contributed by atoms with E-state index in [4.69, 9.17) is 4.74 Å². The molecule has 5 rings (SSSR count). The number of aromatic nitrogens is 1. The second-order valence-electron chi connectivity index (χ2n) is 10.1. The van der Waals surface area contributed by atoms with Crippen LogP contribution in [0.5, 0.6) is 0 Å². The molecule has 0 spiro atoms. The Morgan fingerprint density at radius 1 is 1.19 bits per heavy atom. The maximum atomic E-state index is 14.9. The van der Waals surface area contributed by atoms with Gasteiger partial charge in [0.1, 0.15) is 5.82 Å². The number of methoxy groups -OCH3 is 1. The fraction of sp³-hybridized carbons (Fsp3) is 0.444. The molecular formula is C27H30FNO2. The van der Waals surface area contributed by atoms with Crippen LogP contribution in [0.1, 0.15) is 75.5 Å². The molecule has 2 aromatic carbocycles. The molecule has 2 aliphatic rings. The zero-order valence-electron chi connectivity index (χ0n) is 18.9. The first-order valence-corrected chi connectivity index (χ1v) is 11.3. The molecule has 1 aromatic heterocycles. The summed E-state index contributed by atoms with van der Waals surface area (Å²) in [5.41, 5.74) is 5.29. The SMILES string of the molecule is COC(=O)[C@]1(C)CCC[C@]2(C)c3ccc(C(C)C)cc3-c3[nH]c4c(F)cccc4c3[C@@H]12. The highest BCUT2D eigenvalue weighted by atomic mass is 19.1. The zero-order chi connectivity index (χ0) is 22.1. The molecular weight excluding hydrogens is 389 g/mol. The van der Waals surface area contributed by atoms with E-state index in [0.29, 0.717) is 11.4 Å². The third-order valence-electron chi connectivity index (χ3n) is 8.02. The molecule has 162 valence electrons. The van der Waals surface area contributed by atoms with Crippen molar-refractivity contribution >= 4 is 16.9 Å². The first kappa shape index (κ1) is 20.3. The molecule has 0 unspecified atom stereocenters. The number of hydrogen-bond acceptors (Lipinski definition) is 2. The maximum Gasteiger partial charge on any atom is 0.312 e. The van der Waals surface area contributed by atoms with Crippen molar-refractivity contribution in [3.8, 4) is 11.3 Å². The first-order chi connectivity index (χ1) is 14.7. The van der Waals surface area contributed by atoms with E-state index < -0.39 is 5.41 Å². The van der Waals surface area contributed by atoms with Gasteiger partial charge in [0.05, 0.1) is 23.7 Å². The Morgan fingerprint density at radius 2 is 1.97 bits per heavy atom. The van der Waals surface area contributed by atoms with Gasteiger partial charge in [0.2, 0.25) is 0 Å². The number of para-hydroxylation sites is 1. The van der Waals surface area contributed by atoms with Crippen LogP contribution in [0.4, 0.5) is 4.39 Å². The minimum Gasteiger partial charge on any atom is -0.469 e. The molecule has 4 heteroatoms. The van der Waals surface area contributed by atoms with Gasteiger partial charge in [-0.1, -0.05) is 51.5 Å². The lowest BCUT2D eigenvalue weighted by Gasteiger charge is -2.54. The monoisotopic (exact) mass is 419 g/mol. The normalized spacial score (nSPS) is 27.0. The Balaban J connectivity index is 1.91. The lowest BCUT2D eigenvalue weighted by atomic mass is 9.49. The fourth-order valence-electron chi connectivity index (χ4n) is 6.54. The summed E-state index contributed by atoms with van der Waals surface area (Å²) in [5, 5.41) is 0.879. The number of ether oxygens (including phenoxy) is 1. The number of H-pyrrole nitrogens is 1. The van der Waals surface area contributed by atoms with E-state index in [0.717, 1.165) is 41.5 Å². The summed E-state index contributed by atoms with van der Waals surface area (Å²) in [5.74, 6) is -0.135. The highest BCUT2D eigenvalue weighted by Gasteiger charge is 2.58. The number of halogens is 1. The Hall–Kier alpha value is -2.62. The van der Waals surface area contributed by atoms with Crippen LogP contribution in [0.25, 0.3) is 22.2 Å². The van der Waals surface area contributed by atoms with Crippen molar-refractivity contribution in [2.24, 2.45) is 5.41 Å². The molecule has 3 nitrogen and oxygen atoms in total. The van der Waals surface area contributed by atoms with Gasteiger partial charge < -0.3 is 9.72 Å². The summed E-state index contributed by atoms with van der Waals surface area (Å²) in [4.78, 5) is 16.6. The lowest BCUT2D eigenvalue weighted by molar-refractivity contribution is -0.157. The highest BCUT2D eigenvalue weighted by molar-refractivity contribution is 5.96. The Labute approximate surface area is 183 Å². The Kier molecular flexibility index (Phi) is 4.38. The van der Waals surface area contributed by atoms with Crippen molar-refractivity contribution < 1.29 is 13.9 Å². The lowest BCUT2D eigenvalue weighted by Crippen LogP contribution is -2.50. The van der Waals surface area contributed by atoms with E-state index in [-0.39, 0.29) is 23.1 Å². The minimum absolute atomic E-state index is 0.0934. The van der Waals surface area contributed by atoms with Crippen LogP contribution in [0, 0.1) is 11.2 Å². The van der Waals surface area contributed by atoms with E-state index in [1.165, 1.54) is 24.3 Å². The number of benzene rings is 2. The number of hydrogen-bond donors (Lipinski definition) is 1. The van der Waals surface area contributed by atoms with Gasteiger partial charge in [-0.2, -0.15) is 0 Å². The van der Waals surface area contributed by atoms with E-state index in [9.17, 15) is 9.18 Å². The second kappa shape index (κ2) is 6.69. The van der Waals surface area contributed by atoms with E-state index >= 15 is 0 Å². The summed E-state index contributed by atoms with van der Waals surface area (Å²) in [7, 11) is 1.47. The summed E-state index contributed by atoms with van der Waals surface area (Å²) in [6.07, 6.45) is 2.70. The van der Waals surface area contributed by atoms with Crippen molar-refractivity contribution in [2.45, 2.75) is 64.2 Å². The summed E-state index contributed by atoms with van der Waals surface area (Å²) < 4.78 is 20.2. The molecule has 1 fully saturated rings. The molecule has 1 saturated carbocycles. The third kappa shape index (κ3) is 2.60. The van der Waals surface area contributed by atoms with Crippen LogP contribution < -0.4 is 0 Å². The van der Waals surface area contributed by atoms with Crippen molar-refractivity contribution in [2.75, 3.05) is 7.11 Å². The quantitative estimate of drug-likeness (QED) is 0.463. The molecule has 0 saturated heterocycles. The van der Waals surface area contributed by atoms with Crippen LogP contribution >= 0.6 is 0 Å². The average molecular weight is 420 g/mol. The Morgan fingerprint density at radius 3 is 2.68 bits per heavy atom. The van der Waals surface area contributed by atoms with Gasteiger partial charge in [0.15, 0.2) is 0 Å². The van der Waals surface area contributed by atoms with E-state index in [1.807, 2.05) is 13.0 Å². The van der Waals surface area contributed by atoms with Crippen LogP contribution in [-0.4, -0.2) is 18.1 Å². The smallest absolute Gasteiger partial charge is 0.312 e. The Bertz CT molecular complexity index is 1210.